The lowest BCUT2D eigenvalue weighted by atomic mass is 9.72. The minimum Gasteiger partial charge on any atom is -0.393 e. The van der Waals surface area contributed by atoms with Gasteiger partial charge in [0.25, 0.3) is 0 Å². The monoisotopic (exact) mass is 252 g/mol. The van der Waals surface area contributed by atoms with Crippen LogP contribution in [0.5, 0.6) is 0 Å². The standard InChI is InChI=1S/C17H32O/c1-12(2)6-4-7-13(3)14-10-11-16-15(14)8-5-9-17(16)18/h12-18H,4-11H2,1-3H3/t13-,14-,15-,16-,17+/m1/s1. The Labute approximate surface area is 113 Å². The van der Waals surface area contributed by atoms with Gasteiger partial charge in [0, 0.05) is 0 Å². The molecule has 0 aliphatic heterocycles. The summed E-state index contributed by atoms with van der Waals surface area (Å²) in [5.41, 5.74) is 0. The number of hydrogen-bond acceptors (Lipinski definition) is 1. The van der Waals surface area contributed by atoms with Crippen molar-refractivity contribution in [2.24, 2.45) is 29.6 Å². The molecule has 0 radical (unpaired) electrons. The first kappa shape index (κ1) is 14.4. The molecule has 1 N–H and O–H groups in total. The van der Waals surface area contributed by atoms with Crippen LogP contribution in [0.4, 0.5) is 0 Å². The van der Waals surface area contributed by atoms with Crippen LogP contribution in [0, 0.1) is 29.6 Å². The summed E-state index contributed by atoms with van der Waals surface area (Å²) in [7, 11) is 0. The summed E-state index contributed by atoms with van der Waals surface area (Å²) < 4.78 is 0. The molecule has 106 valence electrons. The Hall–Kier alpha value is -0.0400. The summed E-state index contributed by atoms with van der Waals surface area (Å²) in [6.07, 6.45) is 10.6. The zero-order valence-corrected chi connectivity index (χ0v) is 12.6. The van der Waals surface area contributed by atoms with Crippen molar-refractivity contribution in [1.29, 1.82) is 0 Å². The lowest BCUT2D eigenvalue weighted by Crippen LogP contribution is -2.32. The van der Waals surface area contributed by atoms with Gasteiger partial charge in [0.15, 0.2) is 0 Å². The Bertz CT molecular complexity index is 248. The number of rotatable bonds is 5. The van der Waals surface area contributed by atoms with Crippen LogP contribution in [-0.2, 0) is 0 Å². The number of aliphatic hydroxyl groups is 1. The van der Waals surface area contributed by atoms with Crippen molar-refractivity contribution >= 4 is 0 Å². The van der Waals surface area contributed by atoms with Crippen LogP contribution in [0.1, 0.15) is 72.1 Å². The van der Waals surface area contributed by atoms with Crippen molar-refractivity contribution < 1.29 is 5.11 Å². The van der Waals surface area contributed by atoms with Gasteiger partial charge in [0.05, 0.1) is 6.10 Å². The van der Waals surface area contributed by atoms with Crippen molar-refractivity contribution in [3.63, 3.8) is 0 Å². The van der Waals surface area contributed by atoms with E-state index in [9.17, 15) is 5.11 Å². The molecule has 0 aromatic rings. The van der Waals surface area contributed by atoms with E-state index >= 15 is 0 Å². The van der Waals surface area contributed by atoms with E-state index in [0.717, 1.165) is 30.1 Å². The molecule has 18 heavy (non-hydrogen) atoms. The Kier molecular flexibility index (Phi) is 5.12. The predicted octanol–water partition coefficient (Wildman–Crippen LogP) is 4.64. The lowest BCUT2D eigenvalue weighted by molar-refractivity contribution is 0.0309. The second-order valence-electron chi connectivity index (χ2n) is 7.37. The van der Waals surface area contributed by atoms with Crippen LogP contribution in [0.3, 0.4) is 0 Å². The quantitative estimate of drug-likeness (QED) is 0.756. The second-order valence-corrected chi connectivity index (χ2v) is 7.37. The molecule has 0 saturated heterocycles. The van der Waals surface area contributed by atoms with Gasteiger partial charge in [-0.05, 0) is 55.3 Å². The fraction of sp³-hybridized carbons (Fsp3) is 1.00. The average molecular weight is 252 g/mol. The van der Waals surface area contributed by atoms with Gasteiger partial charge in [-0.15, -0.1) is 0 Å². The Morgan fingerprint density at radius 3 is 2.44 bits per heavy atom. The van der Waals surface area contributed by atoms with E-state index < -0.39 is 0 Å². The Morgan fingerprint density at radius 1 is 0.944 bits per heavy atom. The molecule has 2 rings (SSSR count). The molecule has 0 heterocycles. The second kappa shape index (κ2) is 6.41. The van der Waals surface area contributed by atoms with Crippen LogP contribution in [-0.4, -0.2) is 11.2 Å². The third-order valence-electron chi connectivity index (χ3n) is 5.64. The highest BCUT2D eigenvalue weighted by Gasteiger charge is 2.43. The summed E-state index contributed by atoms with van der Waals surface area (Å²) in [4.78, 5) is 0. The molecule has 2 aliphatic carbocycles. The molecule has 0 amide bonds. The topological polar surface area (TPSA) is 20.2 Å². The summed E-state index contributed by atoms with van der Waals surface area (Å²) in [5, 5.41) is 10.1. The van der Waals surface area contributed by atoms with Crippen molar-refractivity contribution in [3.8, 4) is 0 Å². The van der Waals surface area contributed by atoms with E-state index in [1.54, 1.807) is 0 Å². The summed E-state index contributed by atoms with van der Waals surface area (Å²) in [5.74, 6) is 4.14. The van der Waals surface area contributed by atoms with Gasteiger partial charge in [-0.2, -0.15) is 0 Å². The minimum atomic E-state index is 0.0246. The van der Waals surface area contributed by atoms with Crippen LogP contribution >= 0.6 is 0 Å². The number of aliphatic hydroxyl groups excluding tert-OH is 1. The van der Waals surface area contributed by atoms with E-state index in [4.69, 9.17) is 0 Å². The summed E-state index contributed by atoms with van der Waals surface area (Å²) in [6.45, 7) is 7.12. The SMILES string of the molecule is CC(C)CCC[C@@H](C)[C@H]1CC[C@@H]2[C@@H]1CCC[C@@H]2O. The van der Waals surface area contributed by atoms with Crippen LogP contribution in [0.2, 0.25) is 0 Å². The van der Waals surface area contributed by atoms with Gasteiger partial charge in [-0.25, -0.2) is 0 Å². The van der Waals surface area contributed by atoms with E-state index in [0.29, 0.717) is 5.92 Å². The molecular weight excluding hydrogens is 220 g/mol. The van der Waals surface area contributed by atoms with Gasteiger partial charge in [0.1, 0.15) is 0 Å². The highest BCUT2D eigenvalue weighted by atomic mass is 16.3. The predicted molar refractivity (Wildman–Crippen MR) is 77.4 cm³/mol. The first-order chi connectivity index (χ1) is 8.59. The highest BCUT2D eigenvalue weighted by molar-refractivity contribution is 4.93. The molecule has 2 fully saturated rings. The normalized spacial score (nSPS) is 37.8. The third-order valence-corrected chi connectivity index (χ3v) is 5.64. The van der Waals surface area contributed by atoms with E-state index in [2.05, 4.69) is 20.8 Å². The molecule has 5 atom stereocenters. The maximum Gasteiger partial charge on any atom is 0.0571 e. The molecule has 2 aliphatic rings. The number of hydrogen-bond donors (Lipinski definition) is 1. The number of fused-ring (bicyclic) bond motifs is 1. The van der Waals surface area contributed by atoms with E-state index in [1.807, 2.05) is 0 Å². The summed E-state index contributed by atoms with van der Waals surface area (Å²) in [6, 6.07) is 0. The molecule has 1 heteroatoms. The largest absolute Gasteiger partial charge is 0.393 e. The third kappa shape index (κ3) is 3.29. The maximum absolute atomic E-state index is 10.1. The van der Waals surface area contributed by atoms with E-state index in [1.165, 1.54) is 44.9 Å². The van der Waals surface area contributed by atoms with E-state index in [-0.39, 0.29) is 6.10 Å². The van der Waals surface area contributed by atoms with Gasteiger partial charge in [0.2, 0.25) is 0 Å². The molecular formula is C17H32O. The van der Waals surface area contributed by atoms with Gasteiger partial charge in [-0.1, -0.05) is 46.5 Å². The maximum atomic E-state index is 10.1. The van der Waals surface area contributed by atoms with Crippen LogP contribution in [0.15, 0.2) is 0 Å². The van der Waals surface area contributed by atoms with Gasteiger partial charge in [-0.3, -0.25) is 0 Å². The molecule has 0 unspecified atom stereocenters. The first-order valence-electron chi connectivity index (χ1n) is 8.27. The molecule has 0 spiro atoms. The van der Waals surface area contributed by atoms with Crippen molar-refractivity contribution in [1.82, 2.24) is 0 Å². The fourth-order valence-electron chi connectivity index (χ4n) is 4.58. The van der Waals surface area contributed by atoms with Crippen LogP contribution in [0.25, 0.3) is 0 Å². The fourth-order valence-corrected chi connectivity index (χ4v) is 4.58. The minimum absolute atomic E-state index is 0.0246. The zero-order chi connectivity index (χ0) is 13.1. The summed E-state index contributed by atoms with van der Waals surface area (Å²) >= 11 is 0. The van der Waals surface area contributed by atoms with Gasteiger partial charge < -0.3 is 5.11 Å². The smallest absolute Gasteiger partial charge is 0.0571 e. The Balaban J connectivity index is 1.82. The van der Waals surface area contributed by atoms with Crippen molar-refractivity contribution in [3.05, 3.63) is 0 Å². The molecule has 0 aromatic heterocycles. The lowest BCUT2D eigenvalue weighted by Gasteiger charge is -2.35. The molecule has 1 nitrogen and oxygen atoms in total. The van der Waals surface area contributed by atoms with Gasteiger partial charge >= 0.3 is 0 Å². The molecule has 0 bridgehead atoms. The molecule has 2 saturated carbocycles. The Morgan fingerprint density at radius 2 is 1.72 bits per heavy atom. The molecule has 0 aromatic carbocycles. The zero-order valence-electron chi connectivity index (χ0n) is 12.6. The van der Waals surface area contributed by atoms with Crippen molar-refractivity contribution in [2.75, 3.05) is 0 Å². The highest BCUT2D eigenvalue weighted by Crippen LogP contribution is 2.49. The van der Waals surface area contributed by atoms with Crippen molar-refractivity contribution in [2.45, 2.75) is 78.2 Å². The first-order valence-corrected chi connectivity index (χ1v) is 8.27. The average Bonchev–Trinajstić information content (AvgIpc) is 2.73. The van der Waals surface area contributed by atoms with Crippen LogP contribution < -0.4 is 0 Å².